The summed E-state index contributed by atoms with van der Waals surface area (Å²) in [6.07, 6.45) is 6.98. The molecule has 1 aliphatic heterocycles. The molecule has 8 nitrogen and oxygen atoms in total. The molecule has 1 saturated heterocycles. The van der Waals surface area contributed by atoms with E-state index in [0.717, 1.165) is 24.0 Å². The minimum absolute atomic E-state index is 0.0329. The molecule has 1 unspecified atom stereocenters. The van der Waals surface area contributed by atoms with E-state index < -0.39 is 0 Å². The van der Waals surface area contributed by atoms with E-state index in [4.69, 9.17) is 0 Å². The van der Waals surface area contributed by atoms with Crippen LogP contribution in [0.4, 0.5) is 0 Å². The van der Waals surface area contributed by atoms with Gasteiger partial charge in [-0.15, -0.1) is 0 Å². The quantitative estimate of drug-likeness (QED) is 0.698. The predicted octanol–water partition coefficient (Wildman–Crippen LogP) is 1.43. The smallest absolute Gasteiger partial charge is 0.330 e. The first-order valence-corrected chi connectivity index (χ1v) is 9.34. The second kappa shape index (κ2) is 7.02. The summed E-state index contributed by atoms with van der Waals surface area (Å²) in [6, 6.07) is 5.29. The molecule has 0 bridgehead atoms. The Morgan fingerprint density at radius 2 is 2.04 bits per heavy atom. The van der Waals surface area contributed by atoms with Crippen LogP contribution in [0.3, 0.4) is 0 Å². The van der Waals surface area contributed by atoms with Crippen molar-refractivity contribution in [1.29, 1.82) is 0 Å². The van der Waals surface area contributed by atoms with Crippen LogP contribution in [0.5, 0.6) is 0 Å². The summed E-state index contributed by atoms with van der Waals surface area (Å²) in [6.45, 7) is 3.94. The molecule has 0 aromatic carbocycles. The lowest BCUT2D eigenvalue weighted by atomic mass is 9.96. The van der Waals surface area contributed by atoms with Crippen LogP contribution in [0.2, 0.25) is 0 Å². The fraction of sp³-hybridized carbons (Fsp3) is 0.474. The summed E-state index contributed by atoms with van der Waals surface area (Å²) in [5.41, 5.74) is 1.55. The van der Waals surface area contributed by atoms with Gasteiger partial charge in [0.2, 0.25) is 5.91 Å². The van der Waals surface area contributed by atoms with Gasteiger partial charge in [0.25, 0.3) is 0 Å². The Morgan fingerprint density at radius 1 is 1.26 bits per heavy atom. The first-order valence-electron chi connectivity index (χ1n) is 9.34. The van der Waals surface area contributed by atoms with Gasteiger partial charge in [0.1, 0.15) is 6.04 Å². The number of nitrogens with zero attached hydrogens (tertiary/aromatic N) is 6. The number of hydrogen-bond donors (Lipinski definition) is 0. The van der Waals surface area contributed by atoms with Crippen LogP contribution in [-0.2, 0) is 18.4 Å². The fourth-order valence-electron chi connectivity index (χ4n) is 3.88. The molecule has 0 saturated carbocycles. The van der Waals surface area contributed by atoms with E-state index in [9.17, 15) is 9.59 Å². The average molecular weight is 368 g/mol. The van der Waals surface area contributed by atoms with Gasteiger partial charge in [-0.1, -0.05) is 0 Å². The topological polar surface area (TPSA) is 78.0 Å². The predicted molar refractivity (Wildman–Crippen MR) is 101 cm³/mol. The number of hydrogen-bond acceptors (Lipinski definition) is 4. The highest BCUT2D eigenvalue weighted by molar-refractivity contribution is 5.80. The molecular weight excluding hydrogens is 344 g/mol. The molecule has 0 aliphatic carbocycles. The van der Waals surface area contributed by atoms with Crippen molar-refractivity contribution in [2.75, 3.05) is 13.1 Å². The molecule has 1 atom stereocenters. The van der Waals surface area contributed by atoms with Crippen molar-refractivity contribution in [2.45, 2.75) is 32.4 Å². The van der Waals surface area contributed by atoms with Crippen LogP contribution in [-0.4, -0.2) is 47.8 Å². The molecule has 1 amide bonds. The van der Waals surface area contributed by atoms with Crippen molar-refractivity contribution in [3.05, 3.63) is 47.3 Å². The van der Waals surface area contributed by atoms with Gasteiger partial charge in [-0.25, -0.2) is 9.78 Å². The highest BCUT2D eigenvalue weighted by Crippen LogP contribution is 2.22. The summed E-state index contributed by atoms with van der Waals surface area (Å²) in [4.78, 5) is 31.6. The maximum atomic E-state index is 12.7. The van der Waals surface area contributed by atoms with Crippen LogP contribution >= 0.6 is 0 Å². The van der Waals surface area contributed by atoms with Crippen molar-refractivity contribution < 1.29 is 4.79 Å². The zero-order valence-corrected chi connectivity index (χ0v) is 15.7. The molecule has 0 N–H and O–H groups in total. The molecule has 27 heavy (non-hydrogen) atoms. The number of aryl methyl sites for hydroxylation is 1. The van der Waals surface area contributed by atoms with E-state index in [1.807, 2.05) is 36.2 Å². The van der Waals surface area contributed by atoms with Gasteiger partial charge in [0, 0.05) is 45.3 Å². The molecule has 1 aliphatic rings. The van der Waals surface area contributed by atoms with E-state index in [-0.39, 0.29) is 17.6 Å². The summed E-state index contributed by atoms with van der Waals surface area (Å²) < 4.78 is 5.10. The number of imidazole rings is 1. The molecule has 4 heterocycles. The number of piperidine rings is 1. The highest BCUT2D eigenvalue weighted by Gasteiger charge is 2.28. The number of fused-ring (bicyclic) bond motifs is 1. The highest BCUT2D eigenvalue weighted by atomic mass is 16.2. The third kappa shape index (κ3) is 3.15. The van der Waals surface area contributed by atoms with Crippen LogP contribution in [0.25, 0.3) is 11.2 Å². The van der Waals surface area contributed by atoms with E-state index in [2.05, 4.69) is 10.1 Å². The second-order valence-corrected chi connectivity index (χ2v) is 7.23. The van der Waals surface area contributed by atoms with Gasteiger partial charge in [-0.05, 0) is 43.9 Å². The molecule has 142 valence electrons. The Balaban J connectivity index is 1.43. The zero-order valence-electron chi connectivity index (χ0n) is 15.7. The first kappa shape index (κ1) is 17.5. The third-order valence-corrected chi connectivity index (χ3v) is 5.55. The van der Waals surface area contributed by atoms with Gasteiger partial charge in [0.15, 0.2) is 5.65 Å². The minimum atomic E-state index is -0.290. The Hall–Kier alpha value is -2.90. The number of rotatable bonds is 4. The summed E-state index contributed by atoms with van der Waals surface area (Å²) in [5.74, 6) is 0.459. The maximum absolute atomic E-state index is 12.7. The van der Waals surface area contributed by atoms with Crippen LogP contribution in [0, 0.1) is 5.92 Å². The average Bonchev–Trinajstić information content (AvgIpc) is 3.32. The number of amides is 1. The van der Waals surface area contributed by atoms with Crippen molar-refractivity contribution in [2.24, 2.45) is 13.0 Å². The molecule has 3 aromatic heterocycles. The van der Waals surface area contributed by atoms with Crippen LogP contribution < -0.4 is 5.69 Å². The molecular formula is C19H24N6O2. The van der Waals surface area contributed by atoms with E-state index >= 15 is 0 Å². The van der Waals surface area contributed by atoms with Crippen molar-refractivity contribution in [1.82, 2.24) is 28.8 Å². The minimum Gasteiger partial charge on any atom is -0.341 e. The van der Waals surface area contributed by atoms with Crippen LogP contribution in [0.1, 0.15) is 25.8 Å². The molecule has 0 radical (unpaired) electrons. The number of carbonyl (C=O) groups is 1. The Kier molecular flexibility index (Phi) is 4.55. The molecule has 8 heteroatoms. The second-order valence-electron chi connectivity index (χ2n) is 7.23. The molecule has 3 aromatic rings. The van der Waals surface area contributed by atoms with E-state index in [1.165, 1.54) is 0 Å². The Labute approximate surface area is 157 Å². The number of aromatic nitrogens is 5. The van der Waals surface area contributed by atoms with E-state index in [0.29, 0.717) is 25.6 Å². The van der Waals surface area contributed by atoms with Gasteiger partial charge in [0.05, 0.1) is 5.52 Å². The molecule has 0 spiro atoms. The van der Waals surface area contributed by atoms with Crippen molar-refractivity contribution in [3.8, 4) is 0 Å². The fourth-order valence-corrected chi connectivity index (χ4v) is 3.88. The zero-order chi connectivity index (χ0) is 19.0. The lowest BCUT2D eigenvalue weighted by Gasteiger charge is -2.33. The number of pyridine rings is 1. The Bertz CT molecular complexity index is 995. The standard InChI is InChI=1S/C19H24N6O2/c1-14(25-10-4-9-21-25)18(26)23-11-6-15(7-12-23)13-24-17-16(5-3-8-20-17)22(2)19(24)27/h3-5,8-10,14-15H,6-7,11-13H2,1-2H3. The maximum Gasteiger partial charge on any atom is 0.330 e. The SMILES string of the molecule is CC(C(=O)N1CCC(Cn2c(=O)n(C)c3cccnc32)CC1)n1cccn1. The summed E-state index contributed by atoms with van der Waals surface area (Å²) >= 11 is 0. The van der Waals surface area contributed by atoms with Gasteiger partial charge < -0.3 is 4.90 Å². The number of carbonyl (C=O) groups excluding carboxylic acids is 1. The third-order valence-electron chi connectivity index (χ3n) is 5.55. The monoisotopic (exact) mass is 368 g/mol. The molecule has 4 rings (SSSR count). The largest absolute Gasteiger partial charge is 0.341 e. The Morgan fingerprint density at radius 3 is 2.74 bits per heavy atom. The first-order chi connectivity index (χ1) is 13.1. The summed E-state index contributed by atoms with van der Waals surface area (Å²) in [7, 11) is 1.78. The van der Waals surface area contributed by atoms with Crippen molar-refractivity contribution in [3.63, 3.8) is 0 Å². The molecule has 1 fully saturated rings. The van der Waals surface area contributed by atoms with Gasteiger partial charge in [-0.3, -0.25) is 18.6 Å². The van der Waals surface area contributed by atoms with Crippen molar-refractivity contribution >= 4 is 17.1 Å². The van der Waals surface area contributed by atoms with Gasteiger partial charge in [-0.2, -0.15) is 5.10 Å². The normalized spacial score (nSPS) is 16.7. The van der Waals surface area contributed by atoms with Gasteiger partial charge >= 0.3 is 5.69 Å². The number of likely N-dealkylation sites (tertiary alicyclic amines) is 1. The van der Waals surface area contributed by atoms with Crippen LogP contribution in [0.15, 0.2) is 41.6 Å². The lowest BCUT2D eigenvalue weighted by molar-refractivity contribution is -0.136. The lowest BCUT2D eigenvalue weighted by Crippen LogP contribution is -2.43. The summed E-state index contributed by atoms with van der Waals surface area (Å²) in [5, 5.41) is 4.17. The van der Waals surface area contributed by atoms with E-state index in [1.54, 1.807) is 33.3 Å².